The third-order valence-corrected chi connectivity index (χ3v) is 2.84. The minimum atomic E-state index is 0.608. The van der Waals surface area contributed by atoms with E-state index < -0.39 is 0 Å². The van der Waals surface area contributed by atoms with Gasteiger partial charge in [0, 0.05) is 12.8 Å². The van der Waals surface area contributed by atoms with E-state index in [-0.39, 0.29) is 0 Å². The minimum Gasteiger partial charge on any atom is -0.330 e. The van der Waals surface area contributed by atoms with Gasteiger partial charge in [0.1, 0.15) is 5.82 Å². The second-order valence-electron chi connectivity index (χ2n) is 4.27. The molecule has 0 amide bonds. The normalized spacial score (nSPS) is 11.2. The molecule has 0 aliphatic heterocycles. The van der Waals surface area contributed by atoms with Gasteiger partial charge in [0.05, 0.1) is 11.9 Å². The predicted octanol–water partition coefficient (Wildman–Crippen LogP) is 1.15. The summed E-state index contributed by atoms with van der Waals surface area (Å²) in [5, 5.41) is 3.23. The largest absolute Gasteiger partial charge is 0.330 e. The Morgan fingerprint density at radius 3 is 2.72 bits per heavy atom. The fraction of sp³-hybridized carbons (Fsp3) is 0.231. The zero-order valence-electron chi connectivity index (χ0n) is 10.0. The smallest absolute Gasteiger partial charge is 0.250 e. The van der Waals surface area contributed by atoms with Crippen LogP contribution in [0.15, 0.2) is 36.5 Å². The van der Waals surface area contributed by atoms with Crippen LogP contribution >= 0.6 is 0 Å². The minimum absolute atomic E-state index is 0.608. The molecule has 1 aromatic carbocycles. The zero-order valence-corrected chi connectivity index (χ0v) is 10.0. The molecule has 3 rings (SSSR count). The van der Waals surface area contributed by atoms with E-state index in [4.69, 9.17) is 5.73 Å². The zero-order chi connectivity index (χ0) is 12.4. The van der Waals surface area contributed by atoms with Gasteiger partial charge >= 0.3 is 0 Å². The number of nitrogens with two attached hydrogens (primary N) is 1. The van der Waals surface area contributed by atoms with Crippen molar-refractivity contribution < 1.29 is 0 Å². The first-order valence-corrected chi connectivity index (χ1v) is 6.02. The van der Waals surface area contributed by atoms with E-state index in [2.05, 4.69) is 27.2 Å². The van der Waals surface area contributed by atoms with Crippen molar-refractivity contribution in [1.29, 1.82) is 0 Å². The van der Waals surface area contributed by atoms with Crippen molar-refractivity contribution in [3.05, 3.63) is 53.6 Å². The summed E-state index contributed by atoms with van der Waals surface area (Å²) < 4.78 is 1.85. The molecule has 0 atom stereocenters. The second kappa shape index (κ2) is 4.62. The number of hydrogen-bond donors (Lipinski definition) is 2. The Labute approximate surface area is 105 Å². The molecule has 5 heteroatoms. The first-order chi connectivity index (χ1) is 8.85. The molecule has 0 radical (unpaired) electrons. The van der Waals surface area contributed by atoms with Gasteiger partial charge in [-0.25, -0.2) is 9.50 Å². The Morgan fingerprint density at radius 1 is 1.17 bits per heavy atom. The van der Waals surface area contributed by atoms with Crippen molar-refractivity contribution in [2.75, 3.05) is 6.54 Å². The number of fused-ring (bicyclic) bond motifs is 1. The summed E-state index contributed by atoms with van der Waals surface area (Å²) in [7, 11) is 0. The van der Waals surface area contributed by atoms with E-state index in [0.29, 0.717) is 12.3 Å². The average Bonchev–Trinajstić information content (AvgIpc) is 2.88. The number of nitrogens with zero attached hydrogens (tertiary/aromatic N) is 3. The van der Waals surface area contributed by atoms with Crippen molar-refractivity contribution in [1.82, 2.24) is 19.6 Å². The van der Waals surface area contributed by atoms with Gasteiger partial charge in [0.15, 0.2) is 0 Å². The molecule has 5 nitrogen and oxygen atoms in total. The van der Waals surface area contributed by atoms with Gasteiger partial charge in [-0.2, -0.15) is 4.98 Å². The number of hydrogen-bond acceptors (Lipinski definition) is 3. The molecule has 0 saturated carbocycles. The van der Waals surface area contributed by atoms with Crippen molar-refractivity contribution in [3.8, 4) is 0 Å². The van der Waals surface area contributed by atoms with Crippen LogP contribution in [0.25, 0.3) is 5.78 Å². The number of rotatable bonds is 4. The number of benzene rings is 1. The predicted molar refractivity (Wildman–Crippen MR) is 69.3 cm³/mol. The van der Waals surface area contributed by atoms with Gasteiger partial charge in [-0.15, -0.1) is 0 Å². The number of H-pyrrole nitrogens is 1. The van der Waals surface area contributed by atoms with Gasteiger partial charge in [0.25, 0.3) is 5.78 Å². The first kappa shape index (κ1) is 11.0. The summed E-state index contributed by atoms with van der Waals surface area (Å²) in [6, 6.07) is 10.2. The molecule has 3 N–H and O–H groups in total. The van der Waals surface area contributed by atoms with Crippen LogP contribution in [0.1, 0.15) is 17.1 Å². The standard InChI is InChI=1S/C13H15N5/c14-7-6-11-9-18-13(15-11)16-12(17-18)8-10-4-2-1-3-5-10/h1-5,9H,6-8,14H2,(H,15,16,17). The van der Waals surface area contributed by atoms with Crippen LogP contribution < -0.4 is 5.73 Å². The maximum Gasteiger partial charge on any atom is 0.250 e. The molecule has 0 fully saturated rings. The lowest BCUT2D eigenvalue weighted by atomic mass is 10.1. The summed E-state index contributed by atoms with van der Waals surface area (Å²) >= 11 is 0. The van der Waals surface area contributed by atoms with Crippen LogP contribution in [0.2, 0.25) is 0 Å². The van der Waals surface area contributed by atoms with Crippen molar-refractivity contribution in [2.45, 2.75) is 12.8 Å². The number of aromatic nitrogens is 4. The molecule has 18 heavy (non-hydrogen) atoms. The topological polar surface area (TPSA) is 72.0 Å². The van der Waals surface area contributed by atoms with E-state index >= 15 is 0 Å². The lowest BCUT2D eigenvalue weighted by Crippen LogP contribution is -2.02. The third kappa shape index (κ3) is 2.12. The molecular formula is C13H15N5. The highest BCUT2D eigenvalue weighted by Crippen LogP contribution is 2.08. The van der Waals surface area contributed by atoms with Gasteiger partial charge in [-0.3, -0.25) is 5.10 Å². The highest BCUT2D eigenvalue weighted by Gasteiger charge is 2.07. The van der Waals surface area contributed by atoms with E-state index in [1.54, 1.807) is 0 Å². The number of nitrogens with one attached hydrogen (secondary N) is 1. The molecule has 0 saturated heterocycles. The Balaban J connectivity index is 1.83. The van der Waals surface area contributed by atoms with Gasteiger partial charge in [-0.1, -0.05) is 30.3 Å². The number of aromatic amines is 1. The monoisotopic (exact) mass is 241 g/mol. The fourth-order valence-corrected chi connectivity index (χ4v) is 2.00. The van der Waals surface area contributed by atoms with Crippen LogP contribution in [-0.2, 0) is 12.8 Å². The molecule has 0 unspecified atom stereocenters. The maximum atomic E-state index is 5.50. The quantitative estimate of drug-likeness (QED) is 0.719. The molecule has 2 aromatic heterocycles. The molecule has 3 aromatic rings. The highest BCUT2D eigenvalue weighted by molar-refractivity contribution is 5.31. The fourth-order valence-electron chi connectivity index (χ4n) is 2.00. The molecule has 0 aliphatic rings. The molecule has 2 heterocycles. The van der Waals surface area contributed by atoms with E-state index in [1.165, 1.54) is 5.56 Å². The molecule has 0 bridgehead atoms. The average molecular weight is 241 g/mol. The molecule has 92 valence electrons. The highest BCUT2D eigenvalue weighted by atomic mass is 15.3. The molecular weight excluding hydrogens is 226 g/mol. The van der Waals surface area contributed by atoms with Crippen molar-refractivity contribution >= 4 is 5.78 Å². The Morgan fingerprint density at radius 2 is 2.00 bits per heavy atom. The SMILES string of the molecule is NCCc1cn2[nH]c(Cc3ccccc3)nc2n1. The summed E-state index contributed by atoms with van der Waals surface area (Å²) in [5.41, 5.74) is 7.71. The Bertz CT molecular complexity index is 606. The van der Waals surface area contributed by atoms with Crippen LogP contribution in [-0.4, -0.2) is 26.1 Å². The van der Waals surface area contributed by atoms with Gasteiger partial charge in [-0.05, 0) is 12.1 Å². The van der Waals surface area contributed by atoms with E-state index in [1.807, 2.05) is 28.9 Å². The maximum absolute atomic E-state index is 5.50. The lowest BCUT2D eigenvalue weighted by molar-refractivity contribution is 0.887. The van der Waals surface area contributed by atoms with Crippen molar-refractivity contribution in [3.63, 3.8) is 0 Å². The van der Waals surface area contributed by atoms with Crippen LogP contribution in [0.3, 0.4) is 0 Å². The molecule has 0 spiro atoms. The summed E-state index contributed by atoms with van der Waals surface area (Å²) in [4.78, 5) is 8.87. The van der Waals surface area contributed by atoms with Crippen LogP contribution in [0, 0.1) is 0 Å². The van der Waals surface area contributed by atoms with E-state index in [9.17, 15) is 0 Å². The number of imidazole rings is 1. The Kier molecular flexibility index (Phi) is 2.82. The van der Waals surface area contributed by atoms with Crippen LogP contribution in [0.5, 0.6) is 0 Å². The van der Waals surface area contributed by atoms with Gasteiger partial charge in [0.2, 0.25) is 0 Å². The lowest BCUT2D eigenvalue weighted by Gasteiger charge is -1.96. The third-order valence-electron chi connectivity index (χ3n) is 2.84. The van der Waals surface area contributed by atoms with Gasteiger partial charge < -0.3 is 5.73 Å². The van der Waals surface area contributed by atoms with Crippen LogP contribution in [0.4, 0.5) is 0 Å². The van der Waals surface area contributed by atoms with E-state index in [0.717, 1.165) is 24.4 Å². The first-order valence-electron chi connectivity index (χ1n) is 6.02. The summed E-state index contributed by atoms with van der Waals surface area (Å²) in [6.07, 6.45) is 3.52. The van der Waals surface area contributed by atoms with Crippen molar-refractivity contribution in [2.24, 2.45) is 5.73 Å². The summed E-state index contributed by atoms with van der Waals surface area (Å²) in [5.74, 6) is 1.63. The Hall–Kier alpha value is -2.14. The second-order valence-corrected chi connectivity index (χ2v) is 4.27. The molecule has 0 aliphatic carbocycles. The summed E-state index contributed by atoms with van der Waals surface area (Å²) in [6.45, 7) is 0.608.